The van der Waals surface area contributed by atoms with E-state index >= 15 is 0 Å². The minimum atomic E-state index is -0.358. The molecule has 0 radical (unpaired) electrons. The first-order valence-corrected chi connectivity index (χ1v) is 10.00. The zero-order valence-electron chi connectivity index (χ0n) is 16.5. The summed E-state index contributed by atoms with van der Waals surface area (Å²) in [7, 11) is 2.11. The van der Waals surface area contributed by atoms with Gasteiger partial charge in [0, 0.05) is 54.2 Å². The quantitative estimate of drug-likeness (QED) is 0.772. The van der Waals surface area contributed by atoms with E-state index in [0.717, 1.165) is 24.9 Å². The van der Waals surface area contributed by atoms with Crippen molar-refractivity contribution >= 4 is 16.9 Å². The molecule has 1 saturated heterocycles. The van der Waals surface area contributed by atoms with Gasteiger partial charge in [-0.25, -0.2) is 4.79 Å². The van der Waals surface area contributed by atoms with E-state index in [1.807, 2.05) is 18.7 Å². The van der Waals surface area contributed by atoms with Gasteiger partial charge in [0.25, 0.3) is 0 Å². The SMILES string of the molecule is CCN(CC)C(=O)NC1CN(C)C2Cc3c[nH]c4cccc(c34)C2(CO)C1. The van der Waals surface area contributed by atoms with Gasteiger partial charge in [-0.1, -0.05) is 12.1 Å². The average molecular weight is 370 g/mol. The van der Waals surface area contributed by atoms with Crippen LogP contribution in [0.4, 0.5) is 4.79 Å². The Morgan fingerprint density at radius 1 is 1.41 bits per heavy atom. The number of hydrogen-bond acceptors (Lipinski definition) is 3. The number of aromatic nitrogens is 1. The van der Waals surface area contributed by atoms with Crippen molar-refractivity contribution in [2.24, 2.45) is 0 Å². The number of aliphatic hydroxyl groups is 1. The minimum absolute atomic E-state index is 0.0127. The predicted molar refractivity (Wildman–Crippen MR) is 107 cm³/mol. The summed E-state index contributed by atoms with van der Waals surface area (Å²) in [6.45, 7) is 6.28. The number of rotatable bonds is 4. The fourth-order valence-electron chi connectivity index (χ4n) is 5.35. The Kier molecular flexibility index (Phi) is 4.64. The van der Waals surface area contributed by atoms with Crippen LogP contribution < -0.4 is 5.32 Å². The first-order chi connectivity index (χ1) is 13.0. The van der Waals surface area contributed by atoms with Crippen LogP contribution >= 0.6 is 0 Å². The molecule has 2 amide bonds. The first-order valence-electron chi connectivity index (χ1n) is 10.00. The molecule has 2 aromatic rings. The predicted octanol–water partition coefficient (Wildman–Crippen LogP) is 2.08. The number of carbonyl (C=O) groups is 1. The second-order valence-corrected chi connectivity index (χ2v) is 8.04. The van der Waals surface area contributed by atoms with Crippen molar-refractivity contribution in [2.45, 2.75) is 44.2 Å². The molecule has 3 atom stereocenters. The molecular weight excluding hydrogens is 340 g/mol. The number of hydrogen-bond donors (Lipinski definition) is 3. The maximum absolute atomic E-state index is 12.6. The van der Waals surface area contributed by atoms with E-state index in [1.54, 1.807) is 0 Å². The Morgan fingerprint density at radius 3 is 2.89 bits per heavy atom. The number of urea groups is 1. The van der Waals surface area contributed by atoms with Crippen molar-refractivity contribution in [1.82, 2.24) is 20.1 Å². The number of likely N-dealkylation sites (N-methyl/N-ethyl adjacent to an activating group) is 1. The number of carbonyl (C=O) groups excluding carboxylic acids is 1. The van der Waals surface area contributed by atoms with Crippen LogP contribution in [0.25, 0.3) is 10.9 Å². The highest BCUT2D eigenvalue weighted by molar-refractivity contribution is 5.89. The lowest BCUT2D eigenvalue weighted by molar-refractivity contribution is 0.0251. The van der Waals surface area contributed by atoms with E-state index in [4.69, 9.17) is 0 Å². The topological polar surface area (TPSA) is 71.6 Å². The summed E-state index contributed by atoms with van der Waals surface area (Å²) in [5.74, 6) is 0. The summed E-state index contributed by atoms with van der Waals surface area (Å²) in [6, 6.07) is 6.56. The third kappa shape index (κ3) is 2.74. The minimum Gasteiger partial charge on any atom is -0.395 e. The fourth-order valence-corrected chi connectivity index (χ4v) is 5.35. The maximum Gasteiger partial charge on any atom is 0.317 e. The van der Waals surface area contributed by atoms with Crippen molar-refractivity contribution < 1.29 is 9.90 Å². The van der Waals surface area contributed by atoms with Crippen molar-refractivity contribution in [2.75, 3.05) is 33.3 Å². The molecule has 27 heavy (non-hydrogen) atoms. The Morgan fingerprint density at radius 2 is 2.19 bits per heavy atom. The highest BCUT2D eigenvalue weighted by atomic mass is 16.3. The van der Waals surface area contributed by atoms with Crippen LogP contribution in [0.15, 0.2) is 24.4 Å². The van der Waals surface area contributed by atoms with Gasteiger partial charge in [0.2, 0.25) is 0 Å². The number of aromatic amines is 1. The van der Waals surface area contributed by atoms with Gasteiger partial charge in [0.15, 0.2) is 0 Å². The van der Waals surface area contributed by atoms with Gasteiger partial charge in [-0.05, 0) is 50.9 Å². The summed E-state index contributed by atoms with van der Waals surface area (Å²) in [5, 5.41) is 15.1. The fraction of sp³-hybridized carbons (Fsp3) is 0.571. The Labute approximate surface area is 160 Å². The van der Waals surface area contributed by atoms with Gasteiger partial charge >= 0.3 is 6.03 Å². The second-order valence-electron chi connectivity index (χ2n) is 8.04. The van der Waals surface area contributed by atoms with Gasteiger partial charge in [-0.3, -0.25) is 0 Å². The highest BCUT2D eigenvalue weighted by Gasteiger charge is 2.51. The molecule has 3 N–H and O–H groups in total. The van der Waals surface area contributed by atoms with Crippen LogP contribution in [-0.4, -0.2) is 71.3 Å². The third-order valence-electron chi connectivity index (χ3n) is 6.69. The number of nitrogens with zero attached hydrogens (tertiary/aromatic N) is 2. The molecule has 1 aliphatic carbocycles. The molecule has 0 saturated carbocycles. The Bertz CT molecular complexity index is 844. The number of nitrogens with one attached hydrogen (secondary N) is 2. The number of benzene rings is 1. The molecule has 0 bridgehead atoms. The summed E-state index contributed by atoms with van der Waals surface area (Å²) >= 11 is 0. The van der Waals surface area contributed by atoms with Crippen LogP contribution in [0.1, 0.15) is 31.4 Å². The molecular formula is C21H30N4O2. The van der Waals surface area contributed by atoms with E-state index in [9.17, 15) is 9.90 Å². The van der Waals surface area contributed by atoms with Gasteiger partial charge in [0.05, 0.1) is 6.61 Å². The van der Waals surface area contributed by atoms with E-state index < -0.39 is 0 Å². The summed E-state index contributed by atoms with van der Waals surface area (Å²) < 4.78 is 0. The summed E-state index contributed by atoms with van der Waals surface area (Å²) in [6.07, 6.45) is 3.79. The third-order valence-corrected chi connectivity index (χ3v) is 6.69. The van der Waals surface area contributed by atoms with E-state index in [2.05, 4.69) is 46.6 Å². The number of H-pyrrole nitrogens is 1. The molecule has 6 heteroatoms. The monoisotopic (exact) mass is 370 g/mol. The molecule has 2 aliphatic rings. The number of aliphatic hydroxyl groups excluding tert-OH is 1. The smallest absolute Gasteiger partial charge is 0.317 e. The van der Waals surface area contributed by atoms with Crippen LogP contribution in [0.2, 0.25) is 0 Å². The van der Waals surface area contributed by atoms with Gasteiger partial charge in [-0.2, -0.15) is 0 Å². The first kappa shape index (κ1) is 18.3. The second kappa shape index (κ2) is 6.84. The molecule has 146 valence electrons. The zero-order chi connectivity index (χ0) is 19.2. The number of fused-ring (bicyclic) bond motifs is 2. The number of amides is 2. The number of likely N-dealkylation sites (tertiary alicyclic amines) is 1. The summed E-state index contributed by atoms with van der Waals surface area (Å²) in [5.41, 5.74) is 3.31. The van der Waals surface area contributed by atoms with Gasteiger partial charge in [-0.15, -0.1) is 0 Å². The van der Waals surface area contributed by atoms with Crippen LogP contribution in [-0.2, 0) is 11.8 Å². The van der Waals surface area contributed by atoms with E-state index in [-0.39, 0.29) is 30.1 Å². The lowest BCUT2D eigenvalue weighted by atomic mass is 9.62. The standard InChI is InChI=1S/C21H30N4O2/c1-4-25(5-2)20(27)23-15-10-21(13-26)16-7-6-8-17-19(16)14(11-22-17)9-18(21)24(3)12-15/h6-8,11,15,18,22,26H,4-5,9-10,12-13H2,1-3H3,(H,23,27). The summed E-state index contributed by atoms with van der Waals surface area (Å²) in [4.78, 5) is 20.1. The largest absolute Gasteiger partial charge is 0.395 e. The van der Waals surface area contributed by atoms with Crippen LogP contribution in [0, 0.1) is 0 Å². The van der Waals surface area contributed by atoms with Crippen molar-refractivity contribution in [3.63, 3.8) is 0 Å². The van der Waals surface area contributed by atoms with E-state index in [0.29, 0.717) is 13.1 Å². The molecule has 4 rings (SSSR count). The van der Waals surface area contributed by atoms with E-state index in [1.165, 1.54) is 16.5 Å². The van der Waals surface area contributed by atoms with Crippen LogP contribution in [0.3, 0.4) is 0 Å². The molecule has 1 aliphatic heterocycles. The van der Waals surface area contributed by atoms with Crippen molar-refractivity contribution in [3.05, 3.63) is 35.5 Å². The number of piperidine rings is 1. The molecule has 6 nitrogen and oxygen atoms in total. The lowest BCUT2D eigenvalue weighted by Gasteiger charge is -2.53. The lowest BCUT2D eigenvalue weighted by Crippen LogP contribution is -2.65. The average Bonchev–Trinajstić information content (AvgIpc) is 3.08. The zero-order valence-corrected chi connectivity index (χ0v) is 16.5. The maximum atomic E-state index is 12.6. The van der Waals surface area contributed by atoms with Gasteiger partial charge < -0.3 is 25.2 Å². The molecule has 1 fully saturated rings. The molecule has 0 spiro atoms. The highest BCUT2D eigenvalue weighted by Crippen LogP contribution is 2.47. The molecule has 2 heterocycles. The van der Waals surface area contributed by atoms with Crippen LogP contribution in [0.5, 0.6) is 0 Å². The Hall–Kier alpha value is -2.05. The molecule has 3 unspecified atom stereocenters. The van der Waals surface area contributed by atoms with Gasteiger partial charge in [0.1, 0.15) is 0 Å². The molecule has 1 aromatic carbocycles. The normalized spacial score (nSPS) is 27.4. The Balaban J connectivity index is 1.71. The van der Waals surface area contributed by atoms with Crippen molar-refractivity contribution in [3.8, 4) is 0 Å². The molecule has 1 aromatic heterocycles. The van der Waals surface area contributed by atoms with Crippen molar-refractivity contribution in [1.29, 1.82) is 0 Å².